The molecule has 0 aromatic carbocycles. The second kappa shape index (κ2) is 4.93. The van der Waals surface area contributed by atoms with E-state index >= 15 is 0 Å². The topological polar surface area (TPSA) is 39.2 Å². The molecule has 88 valence electrons. The molecule has 0 N–H and O–H groups in total. The number of esters is 1. The highest BCUT2D eigenvalue weighted by Crippen LogP contribution is 2.31. The highest BCUT2D eigenvalue weighted by atomic mass is 35.5. The van der Waals surface area contributed by atoms with Gasteiger partial charge in [-0.3, -0.25) is 4.79 Å². The Bertz CT molecular complexity index is 412. The number of alkyl halides is 2. The normalized spacial score (nSPS) is 11.3. The summed E-state index contributed by atoms with van der Waals surface area (Å²) < 4.78 is 31.1. The number of halogens is 4. The smallest absolute Gasteiger partial charge is 0.308 e. The summed E-state index contributed by atoms with van der Waals surface area (Å²) in [7, 11) is 0. The van der Waals surface area contributed by atoms with Gasteiger partial charge in [-0.2, -0.15) is 8.78 Å². The Labute approximate surface area is 100 Å². The van der Waals surface area contributed by atoms with E-state index in [1.807, 2.05) is 0 Å². The maximum atomic E-state index is 13.4. The van der Waals surface area contributed by atoms with Gasteiger partial charge in [-0.1, -0.05) is 23.2 Å². The first-order chi connectivity index (χ1) is 7.33. The van der Waals surface area contributed by atoms with E-state index in [1.165, 1.54) is 0 Å². The van der Waals surface area contributed by atoms with Crippen LogP contribution in [0.25, 0.3) is 0 Å². The number of carbonyl (C=O) groups is 1. The minimum absolute atomic E-state index is 0.0614. The molecule has 0 unspecified atom stereocenters. The van der Waals surface area contributed by atoms with Crippen molar-refractivity contribution in [1.82, 2.24) is 4.98 Å². The quantitative estimate of drug-likeness (QED) is 0.626. The Kier molecular flexibility index (Phi) is 4.04. The molecule has 0 aliphatic carbocycles. The van der Waals surface area contributed by atoms with Crippen LogP contribution in [0.4, 0.5) is 8.78 Å². The summed E-state index contributed by atoms with van der Waals surface area (Å²) in [5.41, 5.74) is -0.455. The molecular weight excluding hydrogens is 263 g/mol. The Hall–Kier alpha value is -0.940. The third kappa shape index (κ3) is 3.28. The number of aromatic nitrogens is 1. The fourth-order valence-corrected chi connectivity index (χ4v) is 1.17. The van der Waals surface area contributed by atoms with Crippen LogP contribution in [0.1, 0.15) is 12.5 Å². The maximum Gasteiger partial charge on any atom is 0.308 e. The molecular formula is C9H7Cl2F2NO2. The van der Waals surface area contributed by atoms with Crippen molar-refractivity contribution in [2.45, 2.75) is 12.8 Å². The van der Waals surface area contributed by atoms with Crippen molar-refractivity contribution in [3.8, 4) is 0 Å². The zero-order valence-corrected chi connectivity index (χ0v) is 9.65. The molecule has 3 nitrogen and oxygen atoms in total. The summed E-state index contributed by atoms with van der Waals surface area (Å²) in [5, 5.41) is -0.143. The zero-order valence-electron chi connectivity index (χ0n) is 8.14. The van der Waals surface area contributed by atoms with Gasteiger partial charge < -0.3 is 4.74 Å². The van der Waals surface area contributed by atoms with Gasteiger partial charge in [-0.25, -0.2) is 4.98 Å². The predicted molar refractivity (Wildman–Crippen MR) is 54.8 cm³/mol. The van der Waals surface area contributed by atoms with Crippen LogP contribution in [0.3, 0.4) is 0 Å². The predicted octanol–water partition coefficient (Wildman–Crippen LogP) is 3.04. The van der Waals surface area contributed by atoms with E-state index in [4.69, 9.17) is 23.2 Å². The molecule has 0 saturated carbocycles. The molecule has 0 aliphatic heterocycles. The molecule has 0 saturated heterocycles. The van der Waals surface area contributed by atoms with E-state index in [9.17, 15) is 13.6 Å². The Morgan fingerprint density at radius 1 is 1.56 bits per heavy atom. The first-order valence-corrected chi connectivity index (χ1v) is 4.91. The zero-order chi connectivity index (χ0) is 12.3. The highest BCUT2D eigenvalue weighted by Gasteiger charge is 2.34. The molecule has 1 rings (SSSR count). The van der Waals surface area contributed by atoms with Gasteiger partial charge in [0.25, 0.3) is 0 Å². The highest BCUT2D eigenvalue weighted by molar-refractivity contribution is 6.41. The molecule has 1 heterocycles. The van der Waals surface area contributed by atoms with Crippen LogP contribution in [0, 0.1) is 0 Å². The Balaban J connectivity index is 2.88. The summed E-state index contributed by atoms with van der Waals surface area (Å²) in [6.07, 6.45) is 0.887. The van der Waals surface area contributed by atoms with E-state index in [0.29, 0.717) is 0 Å². The number of rotatable bonds is 3. The van der Waals surface area contributed by atoms with Crippen LogP contribution in [-0.4, -0.2) is 17.6 Å². The average Bonchev–Trinajstić information content (AvgIpc) is 2.19. The Morgan fingerprint density at radius 2 is 2.19 bits per heavy atom. The fraction of sp³-hybridized carbons (Fsp3) is 0.333. The number of ether oxygens (including phenoxy) is 1. The van der Waals surface area contributed by atoms with Gasteiger partial charge in [0.2, 0.25) is 0 Å². The van der Waals surface area contributed by atoms with E-state index in [2.05, 4.69) is 9.72 Å². The molecule has 7 heteroatoms. The van der Waals surface area contributed by atoms with Crippen LogP contribution < -0.4 is 0 Å². The van der Waals surface area contributed by atoms with Crippen molar-refractivity contribution in [1.29, 1.82) is 0 Å². The van der Waals surface area contributed by atoms with E-state index < -0.39 is 24.1 Å². The van der Waals surface area contributed by atoms with Crippen LogP contribution in [0.15, 0.2) is 12.3 Å². The van der Waals surface area contributed by atoms with Gasteiger partial charge in [0.05, 0.1) is 5.02 Å². The number of pyridine rings is 1. The minimum Gasteiger partial charge on any atom is -0.459 e. The van der Waals surface area contributed by atoms with Gasteiger partial charge in [-0.15, -0.1) is 0 Å². The summed E-state index contributed by atoms with van der Waals surface area (Å²) >= 11 is 11.0. The third-order valence-electron chi connectivity index (χ3n) is 1.68. The number of nitrogens with zero attached hydrogens (tertiary/aromatic N) is 1. The molecule has 0 amide bonds. The molecule has 0 radical (unpaired) electrons. The van der Waals surface area contributed by atoms with E-state index in [-0.39, 0.29) is 10.2 Å². The molecule has 1 aromatic heterocycles. The lowest BCUT2D eigenvalue weighted by atomic mass is 10.1. The Morgan fingerprint density at radius 3 is 2.69 bits per heavy atom. The fourth-order valence-electron chi connectivity index (χ4n) is 0.897. The van der Waals surface area contributed by atoms with Crippen molar-refractivity contribution in [3.63, 3.8) is 0 Å². The minimum atomic E-state index is -3.34. The molecule has 0 aliphatic rings. The molecule has 1 aromatic rings. The second-order valence-electron chi connectivity index (χ2n) is 2.98. The molecule has 0 fully saturated rings. The van der Waals surface area contributed by atoms with Crippen LogP contribution in [0.5, 0.6) is 0 Å². The van der Waals surface area contributed by atoms with Crippen molar-refractivity contribution < 1.29 is 18.3 Å². The summed E-state index contributed by atoms with van der Waals surface area (Å²) in [5.74, 6) is -4.12. The van der Waals surface area contributed by atoms with Gasteiger partial charge in [0.15, 0.2) is 6.61 Å². The van der Waals surface area contributed by atoms with Crippen molar-refractivity contribution in [2.75, 3.05) is 6.61 Å². The number of carbonyl (C=O) groups excluding carboxylic acids is 1. The lowest BCUT2D eigenvalue weighted by Crippen LogP contribution is -2.22. The molecule has 0 spiro atoms. The van der Waals surface area contributed by atoms with E-state index in [0.717, 1.165) is 19.2 Å². The average molecular weight is 270 g/mol. The third-order valence-corrected chi connectivity index (χ3v) is 2.36. The lowest BCUT2D eigenvalue weighted by Gasteiger charge is -2.16. The number of hydrogen-bond acceptors (Lipinski definition) is 3. The molecule has 0 atom stereocenters. The van der Waals surface area contributed by atoms with E-state index in [1.54, 1.807) is 0 Å². The lowest BCUT2D eigenvalue weighted by molar-refractivity contribution is -0.153. The van der Waals surface area contributed by atoms with Crippen LogP contribution in [-0.2, 0) is 15.5 Å². The van der Waals surface area contributed by atoms with Gasteiger partial charge >= 0.3 is 11.9 Å². The summed E-state index contributed by atoms with van der Waals surface area (Å²) in [6, 6.07) is 0.986. The van der Waals surface area contributed by atoms with Gasteiger partial charge in [0.1, 0.15) is 5.15 Å². The van der Waals surface area contributed by atoms with Crippen LogP contribution >= 0.6 is 23.2 Å². The number of hydrogen-bond donors (Lipinski definition) is 0. The monoisotopic (exact) mass is 269 g/mol. The largest absolute Gasteiger partial charge is 0.459 e. The second-order valence-corrected chi connectivity index (χ2v) is 3.75. The molecule has 0 bridgehead atoms. The van der Waals surface area contributed by atoms with Crippen molar-refractivity contribution in [2.24, 2.45) is 0 Å². The molecule has 16 heavy (non-hydrogen) atoms. The standard InChI is InChI=1S/C9H7Cl2F2NO2/c1-5(15)16-4-9(12,13)6-2-7(10)8(11)14-3-6/h2-3H,4H2,1H3. The summed E-state index contributed by atoms with van der Waals surface area (Å²) in [4.78, 5) is 13.9. The first-order valence-electron chi connectivity index (χ1n) is 4.15. The first kappa shape index (κ1) is 13.1. The van der Waals surface area contributed by atoms with Gasteiger partial charge in [0, 0.05) is 18.7 Å². The van der Waals surface area contributed by atoms with Crippen molar-refractivity contribution in [3.05, 3.63) is 28.0 Å². The SMILES string of the molecule is CC(=O)OCC(F)(F)c1cnc(Cl)c(Cl)c1. The summed E-state index contributed by atoms with van der Waals surface area (Å²) in [6.45, 7) is -0.00879. The maximum absolute atomic E-state index is 13.4. The van der Waals surface area contributed by atoms with Crippen LogP contribution in [0.2, 0.25) is 10.2 Å². The van der Waals surface area contributed by atoms with Crippen molar-refractivity contribution >= 4 is 29.2 Å². The van der Waals surface area contributed by atoms with Gasteiger partial charge in [-0.05, 0) is 6.07 Å².